The first-order chi connectivity index (χ1) is 13.6. The second-order valence-electron chi connectivity index (χ2n) is 6.50. The van der Waals surface area contributed by atoms with Crippen LogP contribution in [0.5, 0.6) is 11.5 Å². The number of hydrogen-bond acceptors (Lipinski definition) is 6. The highest BCUT2D eigenvalue weighted by Gasteiger charge is 2.15. The zero-order valence-electron chi connectivity index (χ0n) is 15.7. The number of nitrogens with zero attached hydrogens (tertiary/aromatic N) is 4. The third kappa shape index (κ3) is 3.99. The van der Waals surface area contributed by atoms with E-state index in [0.717, 1.165) is 28.0 Å². The van der Waals surface area contributed by atoms with Crippen LogP contribution in [-0.2, 0) is 31.9 Å². The van der Waals surface area contributed by atoms with E-state index in [9.17, 15) is 4.79 Å². The highest BCUT2D eigenvalue weighted by Crippen LogP contribution is 2.32. The van der Waals surface area contributed by atoms with Gasteiger partial charge in [0.25, 0.3) is 0 Å². The number of aryl methyl sites for hydroxylation is 1. The summed E-state index contributed by atoms with van der Waals surface area (Å²) in [5, 5.41) is 12.1. The van der Waals surface area contributed by atoms with Gasteiger partial charge in [0.1, 0.15) is 5.82 Å². The van der Waals surface area contributed by atoms with E-state index in [1.54, 1.807) is 0 Å². The maximum absolute atomic E-state index is 12.2. The molecular formula is C19H21N5O3S. The van der Waals surface area contributed by atoms with Crippen LogP contribution in [0.2, 0.25) is 0 Å². The van der Waals surface area contributed by atoms with E-state index >= 15 is 0 Å². The van der Waals surface area contributed by atoms with Crippen LogP contribution in [0.1, 0.15) is 17.1 Å². The van der Waals surface area contributed by atoms with Crippen molar-refractivity contribution in [2.24, 2.45) is 14.1 Å². The van der Waals surface area contributed by atoms with Gasteiger partial charge in [-0.1, -0.05) is 17.8 Å². The molecule has 0 spiro atoms. The summed E-state index contributed by atoms with van der Waals surface area (Å²) in [6.07, 6.45) is 2.70. The number of amides is 1. The molecule has 0 aliphatic carbocycles. The molecule has 4 rings (SSSR count). The van der Waals surface area contributed by atoms with E-state index in [2.05, 4.69) is 26.1 Å². The highest BCUT2D eigenvalue weighted by atomic mass is 32.2. The average molecular weight is 399 g/mol. The van der Waals surface area contributed by atoms with Gasteiger partial charge in [-0.2, -0.15) is 0 Å². The lowest BCUT2D eigenvalue weighted by Gasteiger charge is -2.07. The van der Waals surface area contributed by atoms with Gasteiger partial charge in [-0.3, -0.25) is 4.79 Å². The first kappa shape index (κ1) is 18.4. The maximum Gasteiger partial charge on any atom is 0.231 e. The Kier molecular flexibility index (Phi) is 5.25. The standard InChI is InChI=1S/C19H21N5O3S/c1-23-7-3-4-14(23)9-17-21-22-19(24(17)2)28-11-18(25)20-10-13-5-6-15-16(8-13)27-12-26-15/h3-8H,9-12H2,1-2H3,(H,20,25). The molecule has 0 fully saturated rings. The van der Waals surface area contributed by atoms with Crippen LogP contribution in [0.3, 0.4) is 0 Å². The Morgan fingerprint density at radius 1 is 1.21 bits per heavy atom. The van der Waals surface area contributed by atoms with Crippen molar-refractivity contribution in [3.05, 3.63) is 53.6 Å². The van der Waals surface area contributed by atoms with E-state index < -0.39 is 0 Å². The molecule has 1 N–H and O–H groups in total. The number of ether oxygens (including phenoxy) is 2. The monoisotopic (exact) mass is 399 g/mol. The van der Waals surface area contributed by atoms with E-state index in [4.69, 9.17) is 9.47 Å². The molecule has 3 heterocycles. The number of rotatable bonds is 7. The number of carbonyl (C=O) groups is 1. The quantitative estimate of drug-likeness (QED) is 0.611. The molecule has 1 aliphatic heterocycles. The van der Waals surface area contributed by atoms with Crippen LogP contribution in [0.4, 0.5) is 0 Å². The van der Waals surface area contributed by atoms with Gasteiger partial charge in [-0.05, 0) is 29.8 Å². The van der Waals surface area contributed by atoms with E-state index in [-0.39, 0.29) is 18.5 Å². The predicted molar refractivity (Wildman–Crippen MR) is 104 cm³/mol. The zero-order valence-corrected chi connectivity index (χ0v) is 16.5. The molecular weight excluding hydrogens is 378 g/mol. The summed E-state index contributed by atoms with van der Waals surface area (Å²) in [4.78, 5) is 12.2. The Labute approximate surface area is 166 Å². The van der Waals surface area contributed by atoms with Crippen LogP contribution in [-0.4, -0.2) is 37.8 Å². The van der Waals surface area contributed by atoms with Crippen LogP contribution in [0, 0.1) is 0 Å². The smallest absolute Gasteiger partial charge is 0.231 e. The fraction of sp³-hybridized carbons (Fsp3) is 0.316. The van der Waals surface area contributed by atoms with Crippen LogP contribution in [0.25, 0.3) is 0 Å². The molecule has 0 atom stereocenters. The van der Waals surface area contributed by atoms with Crippen LogP contribution < -0.4 is 14.8 Å². The highest BCUT2D eigenvalue weighted by molar-refractivity contribution is 7.99. The normalized spacial score (nSPS) is 12.4. The molecule has 0 radical (unpaired) electrons. The third-order valence-corrected chi connectivity index (χ3v) is 5.59. The second-order valence-corrected chi connectivity index (χ2v) is 7.44. The maximum atomic E-state index is 12.2. The molecule has 9 heteroatoms. The molecule has 0 saturated heterocycles. The van der Waals surface area contributed by atoms with Crippen LogP contribution >= 0.6 is 11.8 Å². The number of nitrogens with one attached hydrogen (secondary N) is 1. The molecule has 2 aromatic heterocycles. The molecule has 1 aliphatic rings. The summed E-state index contributed by atoms with van der Waals surface area (Å²) >= 11 is 1.37. The second kappa shape index (κ2) is 7.97. The third-order valence-electron chi connectivity index (χ3n) is 4.57. The molecule has 0 unspecified atom stereocenters. The topological polar surface area (TPSA) is 83.2 Å². The molecule has 3 aromatic rings. The lowest BCUT2D eigenvalue weighted by molar-refractivity contribution is -0.118. The molecule has 0 saturated carbocycles. The molecule has 28 heavy (non-hydrogen) atoms. The Morgan fingerprint density at radius 3 is 2.89 bits per heavy atom. The lowest BCUT2D eigenvalue weighted by Crippen LogP contribution is -2.24. The summed E-state index contributed by atoms with van der Waals surface area (Å²) in [7, 11) is 3.93. The van der Waals surface area contributed by atoms with E-state index in [1.165, 1.54) is 11.8 Å². The number of benzene rings is 1. The fourth-order valence-electron chi connectivity index (χ4n) is 2.90. The Hall–Kier alpha value is -2.94. The molecule has 1 aromatic carbocycles. The predicted octanol–water partition coefficient (Wildman–Crippen LogP) is 1.88. The number of hydrogen-bond donors (Lipinski definition) is 1. The van der Waals surface area contributed by atoms with Crippen molar-refractivity contribution in [2.45, 2.75) is 18.1 Å². The number of carbonyl (C=O) groups excluding carboxylic acids is 1. The van der Waals surface area contributed by atoms with E-state index in [1.807, 2.05) is 49.1 Å². The van der Waals surface area contributed by atoms with Crippen molar-refractivity contribution in [1.82, 2.24) is 24.6 Å². The van der Waals surface area contributed by atoms with Gasteiger partial charge in [0, 0.05) is 39.0 Å². The van der Waals surface area contributed by atoms with Crippen molar-refractivity contribution in [2.75, 3.05) is 12.5 Å². The molecule has 1 amide bonds. The molecule has 0 bridgehead atoms. The minimum Gasteiger partial charge on any atom is -0.454 e. The largest absolute Gasteiger partial charge is 0.454 e. The van der Waals surface area contributed by atoms with Gasteiger partial charge in [0.15, 0.2) is 16.7 Å². The lowest BCUT2D eigenvalue weighted by atomic mass is 10.2. The number of aromatic nitrogens is 4. The van der Waals surface area contributed by atoms with Crippen molar-refractivity contribution in [3.8, 4) is 11.5 Å². The number of fused-ring (bicyclic) bond motifs is 1. The van der Waals surface area contributed by atoms with Gasteiger partial charge >= 0.3 is 0 Å². The van der Waals surface area contributed by atoms with Gasteiger partial charge in [-0.25, -0.2) is 0 Å². The van der Waals surface area contributed by atoms with Crippen molar-refractivity contribution >= 4 is 17.7 Å². The zero-order chi connectivity index (χ0) is 19.5. The minimum atomic E-state index is -0.0605. The van der Waals surface area contributed by atoms with Gasteiger partial charge in [-0.15, -0.1) is 10.2 Å². The van der Waals surface area contributed by atoms with Gasteiger partial charge in [0.05, 0.1) is 5.75 Å². The Balaban J connectivity index is 1.28. The minimum absolute atomic E-state index is 0.0605. The van der Waals surface area contributed by atoms with Crippen molar-refractivity contribution in [1.29, 1.82) is 0 Å². The summed E-state index contributed by atoms with van der Waals surface area (Å²) in [6.45, 7) is 0.680. The Morgan fingerprint density at radius 2 is 2.07 bits per heavy atom. The van der Waals surface area contributed by atoms with Gasteiger partial charge in [0.2, 0.25) is 12.7 Å². The first-order valence-electron chi connectivity index (χ1n) is 8.86. The van der Waals surface area contributed by atoms with Crippen molar-refractivity contribution < 1.29 is 14.3 Å². The number of thioether (sulfide) groups is 1. The fourth-order valence-corrected chi connectivity index (χ4v) is 3.66. The van der Waals surface area contributed by atoms with Crippen molar-refractivity contribution in [3.63, 3.8) is 0 Å². The molecule has 8 nitrogen and oxygen atoms in total. The molecule has 146 valence electrons. The summed E-state index contributed by atoms with van der Waals surface area (Å²) in [6, 6.07) is 9.72. The SMILES string of the molecule is Cn1cccc1Cc1nnc(SCC(=O)NCc2ccc3c(c2)OCO3)n1C. The van der Waals surface area contributed by atoms with Crippen LogP contribution in [0.15, 0.2) is 41.7 Å². The Bertz CT molecular complexity index is 997. The first-order valence-corrected chi connectivity index (χ1v) is 9.85. The van der Waals surface area contributed by atoms with Gasteiger partial charge < -0.3 is 23.9 Å². The average Bonchev–Trinajstić information content (AvgIpc) is 3.40. The summed E-state index contributed by atoms with van der Waals surface area (Å²) < 4.78 is 14.6. The van der Waals surface area contributed by atoms with E-state index in [0.29, 0.717) is 18.7 Å². The summed E-state index contributed by atoms with van der Waals surface area (Å²) in [5.74, 6) is 2.53. The summed E-state index contributed by atoms with van der Waals surface area (Å²) in [5.41, 5.74) is 2.12.